The summed E-state index contributed by atoms with van der Waals surface area (Å²) >= 11 is 0. The van der Waals surface area contributed by atoms with E-state index in [4.69, 9.17) is 0 Å². The molecule has 1 heterocycles. The van der Waals surface area contributed by atoms with Gasteiger partial charge in [0, 0.05) is 0 Å². The molecule has 0 saturated heterocycles. The molecule has 0 fully saturated rings. The lowest BCUT2D eigenvalue weighted by molar-refractivity contribution is 1.33. The van der Waals surface area contributed by atoms with Gasteiger partial charge >= 0.3 is 0 Å². The third kappa shape index (κ3) is 4.23. The molecule has 0 unspecified atom stereocenters. The van der Waals surface area contributed by atoms with E-state index in [-0.39, 0.29) is 0 Å². The van der Waals surface area contributed by atoms with Crippen LogP contribution in [0.5, 0.6) is 0 Å². The summed E-state index contributed by atoms with van der Waals surface area (Å²) in [6.45, 7) is 28.5. The fourth-order valence-corrected chi connectivity index (χ4v) is 19.5. The Labute approximate surface area is 194 Å². The van der Waals surface area contributed by atoms with E-state index < -0.39 is 24.2 Å². The Morgan fingerprint density at radius 3 is 1.26 bits per heavy atom. The van der Waals surface area contributed by atoms with Gasteiger partial charge in [-0.3, -0.25) is 0 Å². The van der Waals surface area contributed by atoms with Gasteiger partial charge in [-0.1, -0.05) is 108 Å². The van der Waals surface area contributed by atoms with Crippen LogP contribution in [0.3, 0.4) is 0 Å². The summed E-state index contributed by atoms with van der Waals surface area (Å²) < 4.78 is 0. The molecule has 164 valence electrons. The van der Waals surface area contributed by atoms with Crippen LogP contribution in [-0.4, -0.2) is 24.2 Å². The van der Waals surface area contributed by atoms with Crippen LogP contribution in [0, 0.1) is 53.0 Å². The Bertz CT molecular complexity index is 1050. The standard InChI is InChI=1S/C28H40Si3/c1-19-15-21(3)26(22(4)16-19)31(27-23(5)17-20(2)18-24(27)6)25(13-14-29(7,8)9)28(31)30(10,11)12/h15-18H,1-12H3. The van der Waals surface area contributed by atoms with Crippen molar-refractivity contribution in [1.82, 2.24) is 0 Å². The third-order valence-electron chi connectivity index (χ3n) is 6.35. The Kier molecular flexibility index (Phi) is 6.02. The number of benzene rings is 2. The van der Waals surface area contributed by atoms with Gasteiger partial charge < -0.3 is 0 Å². The summed E-state index contributed by atoms with van der Waals surface area (Å²) in [5.74, 6) is 3.87. The average molecular weight is 461 g/mol. The zero-order valence-electron chi connectivity index (χ0n) is 21.8. The number of rotatable bonds is 3. The van der Waals surface area contributed by atoms with Crippen molar-refractivity contribution in [2.45, 2.75) is 80.8 Å². The molecule has 0 aliphatic carbocycles. The van der Waals surface area contributed by atoms with Crippen molar-refractivity contribution in [2.75, 3.05) is 0 Å². The van der Waals surface area contributed by atoms with Crippen LogP contribution in [0.4, 0.5) is 0 Å². The van der Waals surface area contributed by atoms with Gasteiger partial charge in [-0.05, 0) is 57.1 Å². The van der Waals surface area contributed by atoms with Crippen LogP contribution in [0.1, 0.15) is 33.4 Å². The maximum Gasteiger partial charge on any atom is 0.181 e. The van der Waals surface area contributed by atoms with Crippen molar-refractivity contribution in [1.29, 1.82) is 0 Å². The lowest BCUT2D eigenvalue weighted by Crippen LogP contribution is -2.57. The molecule has 0 bridgehead atoms. The summed E-state index contributed by atoms with van der Waals surface area (Å²) in [7, 11) is -5.19. The van der Waals surface area contributed by atoms with Crippen LogP contribution in [0.25, 0.3) is 0 Å². The van der Waals surface area contributed by atoms with Crippen molar-refractivity contribution in [3.05, 3.63) is 67.7 Å². The highest BCUT2D eigenvalue weighted by atomic mass is 28.4. The predicted octanol–water partition coefficient (Wildman–Crippen LogP) is 6.25. The first-order valence-corrected chi connectivity index (χ1v) is 20.6. The van der Waals surface area contributed by atoms with E-state index in [2.05, 4.69) is 117 Å². The first kappa shape index (κ1) is 24.0. The van der Waals surface area contributed by atoms with E-state index in [9.17, 15) is 0 Å². The van der Waals surface area contributed by atoms with Crippen LogP contribution >= 0.6 is 0 Å². The highest BCUT2D eigenvalue weighted by molar-refractivity contribution is 7.31. The number of allylic oxidation sites excluding steroid dienone is 1. The molecule has 0 spiro atoms. The molecule has 1 aliphatic rings. The highest BCUT2D eigenvalue weighted by Gasteiger charge is 2.63. The molecule has 2 aromatic carbocycles. The Morgan fingerprint density at radius 1 is 0.613 bits per heavy atom. The summed E-state index contributed by atoms with van der Waals surface area (Å²) in [5, 5.41) is 4.81. The largest absolute Gasteiger partial charge is 0.181 e. The minimum absolute atomic E-state index is 1.37. The summed E-state index contributed by atoms with van der Waals surface area (Å²) in [5.41, 5.74) is 12.3. The van der Waals surface area contributed by atoms with E-state index in [1.165, 1.54) is 33.4 Å². The molecule has 0 radical (unpaired) electrons. The molecule has 3 heteroatoms. The molecule has 0 aromatic heterocycles. The fourth-order valence-electron chi connectivity index (χ4n) is 5.79. The normalized spacial score (nSPS) is 15.6. The second-order valence-corrected chi connectivity index (χ2v) is 25.5. The average Bonchev–Trinajstić information content (AvgIpc) is 3.19. The zero-order chi connectivity index (χ0) is 23.5. The smallest absolute Gasteiger partial charge is 0.127 e. The quantitative estimate of drug-likeness (QED) is 0.375. The Morgan fingerprint density at radius 2 is 0.968 bits per heavy atom. The molecule has 0 amide bonds. The summed E-state index contributed by atoms with van der Waals surface area (Å²) in [6, 6.07) is 9.61. The van der Waals surface area contributed by atoms with Crippen LogP contribution in [-0.2, 0) is 0 Å². The van der Waals surface area contributed by atoms with E-state index >= 15 is 0 Å². The maximum absolute atomic E-state index is 3.87. The van der Waals surface area contributed by atoms with Crippen molar-refractivity contribution in [3.8, 4) is 11.5 Å². The van der Waals surface area contributed by atoms with Gasteiger partial charge in [0.25, 0.3) is 0 Å². The van der Waals surface area contributed by atoms with Crippen molar-refractivity contribution < 1.29 is 0 Å². The van der Waals surface area contributed by atoms with Gasteiger partial charge in [0.15, 0.2) is 8.07 Å². The van der Waals surface area contributed by atoms with E-state index in [1.807, 2.05) is 0 Å². The number of hydrogen-bond donors (Lipinski definition) is 0. The van der Waals surface area contributed by atoms with E-state index in [0.29, 0.717) is 0 Å². The number of aryl methyl sites for hydroxylation is 6. The second kappa shape index (κ2) is 7.76. The molecular formula is C28H40Si3. The van der Waals surface area contributed by atoms with Gasteiger partial charge in [-0.25, -0.2) is 0 Å². The van der Waals surface area contributed by atoms with Crippen LogP contribution in [0.2, 0.25) is 39.3 Å². The van der Waals surface area contributed by atoms with Gasteiger partial charge in [0.05, 0.1) is 8.07 Å². The van der Waals surface area contributed by atoms with Crippen molar-refractivity contribution in [2.24, 2.45) is 0 Å². The minimum Gasteiger partial charge on any atom is -0.127 e. The predicted molar refractivity (Wildman–Crippen MR) is 148 cm³/mol. The molecule has 3 rings (SSSR count). The molecule has 0 nitrogen and oxygen atoms in total. The molecule has 0 N–H and O–H groups in total. The van der Waals surface area contributed by atoms with Crippen molar-refractivity contribution >= 4 is 34.6 Å². The van der Waals surface area contributed by atoms with Gasteiger partial charge in [0.2, 0.25) is 0 Å². The Balaban J connectivity index is 2.48. The Hall–Kier alpha value is -1.61. The van der Waals surface area contributed by atoms with Gasteiger partial charge in [-0.2, -0.15) is 0 Å². The minimum atomic E-state index is -2.18. The molecule has 0 saturated carbocycles. The van der Waals surface area contributed by atoms with Gasteiger partial charge in [0.1, 0.15) is 8.07 Å². The second-order valence-electron chi connectivity index (χ2n) is 11.8. The highest BCUT2D eigenvalue weighted by Crippen LogP contribution is 2.48. The maximum atomic E-state index is 3.87. The van der Waals surface area contributed by atoms with Crippen LogP contribution in [0.15, 0.2) is 34.3 Å². The molecule has 0 atom stereocenters. The molecule has 1 aliphatic heterocycles. The van der Waals surface area contributed by atoms with E-state index in [1.54, 1.807) is 20.4 Å². The first-order valence-electron chi connectivity index (χ1n) is 11.6. The van der Waals surface area contributed by atoms with E-state index in [0.717, 1.165) is 0 Å². The summed E-state index contributed by atoms with van der Waals surface area (Å²) in [6.07, 6.45) is 0. The monoisotopic (exact) mass is 460 g/mol. The van der Waals surface area contributed by atoms with Gasteiger partial charge in [-0.15, -0.1) is 5.54 Å². The molecule has 2 aromatic rings. The third-order valence-corrected chi connectivity index (χ3v) is 17.6. The fraction of sp³-hybridized carbons (Fsp3) is 0.429. The SMILES string of the molecule is Cc1cc(C)c([Si]2(c3c(C)cc(C)cc3C)C(C#C[Si](C)(C)C)=C2[Si](C)(C)C)c(C)c1. The molecular weight excluding hydrogens is 421 g/mol. The first-order chi connectivity index (χ1) is 14.1. The zero-order valence-corrected chi connectivity index (χ0v) is 24.8. The van der Waals surface area contributed by atoms with Crippen LogP contribution < -0.4 is 10.4 Å². The lowest BCUT2D eigenvalue weighted by atomic mass is 10.1. The topological polar surface area (TPSA) is 0 Å². The summed E-state index contributed by atoms with van der Waals surface area (Å²) in [4.78, 5) is 1.79. The number of hydrogen-bond acceptors (Lipinski definition) is 0. The lowest BCUT2D eigenvalue weighted by Gasteiger charge is -2.30. The van der Waals surface area contributed by atoms with Crippen molar-refractivity contribution in [3.63, 3.8) is 0 Å². The molecule has 31 heavy (non-hydrogen) atoms.